The van der Waals surface area contributed by atoms with Crippen LogP contribution >= 0.6 is 11.8 Å². The van der Waals surface area contributed by atoms with Gasteiger partial charge in [0.25, 0.3) is 5.91 Å². The lowest BCUT2D eigenvalue weighted by molar-refractivity contribution is -0.114. The van der Waals surface area contributed by atoms with Crippen LogP contribution in [0, 0.1) is 5.82 Å². The van der Waals surface area contributed by atoms with Crippen molar-refractivity contribution in [2.24, 2.45) is 0 Å². The number of carbonyl (C=O) groups is 2. The van der Waals surface area contributed by atoms with Gasteiger partial charge < -0.3 is 10.2 Å². The van der Waals surface area contributed by atoms with Crippen molar-refractivity contribution in [3.8, 4) is 0 Å². The first-order valence-electron chi connectivity index (χ1n) is 6.90. The van der Waals surface area contributed by atoms with Gasteiger partial charge in [-0.05, 0) is 25.1 Å². The zero-order valence-corrected chi connectivity index (χ0v) is 13.2. The normalized spacial score (nSPS) is 22.0. The molecule has 1 fully saturated rings. The average Bonchev–Trinajstić information content (AvgIpc) is 2.43. The number of nitrogens with zero attached hydrogens (tertiary/aromatic N) is 1. The number of thioether (sulfide) groups is 1. The fourth-order valence-corrected chi connectivity index (χ4v) is 3.43. The molecule has 1 aromatic rings. The summed E-state index contributed by atoms with van der Waals surface area (Å²) in [5, 5.41) is 2.78. The molecule has 4 nitrogen and oxygen atoms in total. The Labute approximate surface area is 128 Å². The topological polar surface area (TPSA) is 49.4 Å². The Hall–Kier alpha value is -1.56. The fraction of sp³-hybridized carbons (Fsp3) is 0.467. The molecule has 1 N–H and O–H groups in total. The third-order valence-corrected chi connectivity index (χ3v) is 5.01. The standard InChI is InChI=1S/C15H19FN2O2S/c1-9-10(2)21-7-6-18(9)15(20)12-4-5-13(16)14(8-12)17-11(3)19/h4-5,8-10H,6-7H2,1-3H3,(H,17,19)/t9-,10-/m1/s1. The minimum atomic E-state index is -0.544. The van der Waals surface area contributed by atoms with Crippen molar-refractivity contribution in [3.05, 3.63) is 29.6 Å². The summed E-state index contributed by atoms with van der Waals surface area (Å²) in [5.74, 6) is -0.134. The van der Waals surface area contributed by atoms with E-state index in [2.05, 4.69) is 12.2 Å². The van der Waals surface area contributed by atoms with Gasteiger partial charge in [0.05, 0.1) is 5.69 Å². The molecule has 1 aliphatic rings. The molecule has 2 rings (SSSR count). The van der Waals surface area contributed by atoms with Gasteiger partial charge in [-0.15, -0.1) is 0 Å². The number of amides is 2. The van der Waals surface area contributed by atoms with E-state index in [0.29, 0.717) is 17.4 Å². The number of hydrogen-bond donors (Lipinski definition) is 1. The summed E-state index contributed by atoms with van der Waals surface area (Å²) >= 11 is 1.85. The Morgan fingerprint density at radius 1 is 1.38 bits per heavy atom. The summed E-state index contributed by atoms with van der Waals surface area (Å²) in [5.41, 5.74) is 0.437. The molecule has 1 saturated heterocycles. The van der Waals surface area contributed by atoms with Crippen LogP contribution in [-0.4, -0.2) is 40.3 Å². The highest BCUT2D eigenvalue weighted by Crippen LogP contribution is 2.26. The molecule has 0 bridgehead atoms. The largest absolute Gasteiger partial charge is 0.334 e. The molecule has 2 atom stereocenters. The molecule has 0 radical (unpaired) electrons. The monoisotopic (exact) mass is 310 g/mol. The average molecular weight is 310 g/mol. The molecule has 114 valence electrons. The van der Waals surface area contributed by atoms with Crippen molar-refractivity contribution < 1.29 is 14.0 Å². The molecule has 0 saturated carbocycles. The van der Waals surface area contributed by atoms with Crippen LogP contribution < -0.4 is 5.32 Å². The zero-order chi connectivity index (χ0) is 15.6. The van der Waals surface area contributed by atoms with Gasteiger partial charge in [0.2, 0.25) is 5.91 Å². The summed E-state index contributed by atoms with van der Waals surface area (Å²) in [6.45, 7) is 6.11. The van der Waals surface area contributed by atoms with E-state index in [1.54, 1.807) is 0 Å². The van der Waals surface area contributed by atoms with E-state index in [1.165, 1.54) is 25.1 Å². The van der Waals surface area contributed by atoms with Crippen LogP contribution in [-0.2, 0) is 4.79 Å². The molecule has 0 spiro atoms. The highest BCUT2D eigenvalue weighted by atomic mass is 32.2. The van der Waals surface area contributed by atoms with Crippen LogP contribution in [0.1, 0.15) is 31.1 Å². The van der Waals surface area contributed by atoms with Crippen LogP contribution in [0.3, 0.4) is 0 Å². The molecule has 1 aliphatic heterocycles. The van der Waals surface area contributed by atoms with Crippen LogP contribution in [0.4, 0.5) is 10.1 Å². The van der Waals surface area contributed by atoms with Crippen LogP contribution in [0.25, 0.3) is 0 Å². The van der Waals surface area contributed by atoms with E-state index in [1.807, 2.05) is 23.6 Å². The first-order chi connectivity index (χ1) is 9.90. The number of rotatable bonds is 2. The lowest BCUT2D eigenvalue weighted by atomic mass is 10.1. The van der Waals surface area contributed by atoms with Crippen molar-refractivity contribution >= 4 is 29.3 Å². The van der Waals surface area contributed by atoms with Gasteiger partial charge >= 0.3 is 0 Å². The minimum Gasteiger partial charge on any atom is -0.334 e. The first-order valence-corrected chi connectivity index (χ1v) is 7.94. The Morgan fingerprint density at radius 2 is 2.10 bits per heavy atom. The lowest BCUT2D eigenvalue weighted by Gasteiger charge is -2.37. The molecular formula is C15H19FN2O2S. The van der Waals surface area contributed by atoms with Gasteiger partial charge in [-0.25, -0.2) is 4.39 Å². The van der Waals surface area contributed by atoms with Crippen LogP contribution in [0.2, 0.25) is 0 Å². The van der Waals surface area contributed by atoms with Crippen molar-refractivity contribution in [2.45, 2.75) is 32.1 Å². The molecule has 1 aromatic carbocycles. The van der Waals surface area contributed by atoms with Gasteiger partial charge in [0.15, 0.2) is 0 Å². The molecule has 0 unspecified atom stereocenters. The molecule has 6 heteroatoms. The maximum atomic E-state index is 13.6. The zero-order valence-electron chi connectivity index (χ0n) is 12.4. The number of carbonyl (C=O) groups excluding carboxylic acids is 2. The van der Waals surface area contributed by atoms with Gasteiger partial charge in [-0.1, -0.05) is 6.92 Å². The molecule has 0 aromatic heterocycles. The van der Waals surface area contributed by atoms with Crippen molar-refractivity contribution in [1.29, 1.82) is 0 Å². The van der Waals surface area contributed by atoms with E-state index in [-0.39, 0.29) is 23.5 Å². The van der Waals surface area contributed by atoms with E-state index in [0.717, 1.165) is 5.75 Å². The summed E-state index contributed by atoms with van der Waals surface area (Å²) in [6, 6.07) is 4.21. The maximum absolute atomic E-state index is 13.6. The molecule has 21 heavy (non-hydrogen) atoms. The van der Waals surface area contributed by atoms with E-state index in [9.17, 15) is 14.0 Å². The smallest absolute Gasteiger partial charge is 0.254 e. The Balaban J connectivity index is 2.24. The van der Waals surface area contributed by atoms with Crippen molar-refractivity contribution in [3.63, 3.8) is 0 Å². The number of hydrogen-bond acceptors (Lipinski definition) is 3. The predicted molar refractivity (Wildman–Crippen MR) is 83.1 cm³/mol. The summed E-state index contributed by atoms with van der Waals surface area (Å²) in [4.78, 5) is 25.5. The predicted octanol–water partition coefficient (Wildman–Crippen LogP) is 2.75. The summed E-state index contributed by atoms with van der Waals surface area (Å²) in [6.07, 6.45) is 0. The lowest BCUT2D eigenvalue weighted by Crippen LogP contribution is -2.47. The van der Waals surface area contributed by atoms with Gasteiger partial charge in [0, 0.05) is 36.1 Å². The molecule has 2 amide bonds. The Morgan fingerprint density at radius 3 is 2.76 bits per heavy atom. The van der Waals surface area contributed by atoms with E-state index >= 15 is 0 Å². The molecular weight excluding hydrogens is 291 g/mol. The highest BCUT2D eigenvalue weighted by molar-refractivity contribution is 8.00. The Kier molecular flexibility index (Phi) is 4.88. The second-order valence-corrected chi connectivity index (χ2v) is 6.68. The van der Waals surface area contributed by atoms with Gasteiger partial charge in [-0.2, -0.15) is 11.8 Å². The van der Waals surface area contributed by atoms with Gasteiger partial charge in [0.1, 0.15) is 5.82 Å². The molecule has 0 aliphatic carbocycles. The summed E-state index contributed by atoms with van der Waals surface area (Å²) < 4.78 is 13.6. The fourth-order valence-electron chi connectivity index (χ4n) is 2.33. The quantitative estimate of drug-likeness (QED) is 0.914. The van der Waals surface area contributed by atoms with Gasteiger partial charge in [-0.3, -0.25) is 9.59 Å². The number of halogens is 1. The van der Waals surface area contributed by atoms with Crippen molar-refractivity contribution in [2.75, 3.05) is 17.6 Å². The number of anilines is 1. The Bertz CT molecular complexity index is 565. The second-order valence-electron chi connectivity index (χ2n) is 5.19. The van der Waals surface area contributed by atoms with Crippen LogP contribution in [0.5, 0.6) is 0 Å². The number of benzene rings is 1. The minimum absolute atomic E-state index is 0.0421. The second kappa shape index (κ2) is 6.47. The third-order valence-electron chi connectivity index (χ3n) is 3.67. The number of nitrogens with one attached hydrogen (secondary N) is 1. The molecule has 1 heterocycles. The SMILES string of the molecule is CC(=O)Nc1cc(C(=O)N2CCS[C@H](C)[C@H]2C)ccc1F. The third kappa shape index (κ3) is 3.56. The maximum Gasteiger partial charge on any atom is 0.254 e. The van der Waals surface area contributed by atoms with Crippen LogP contribution in [0.15, 0.2) is 18.2 Å². The van der Waals surface area contributed by atoms with E-state index < -0.39 is 5.82 Å². The highest BCUT2D eigenvalue weighted by Gasteiger charge is 2.29. The van der Waals surface area contributed by atoms with Crippen molar-refractivity contribution in [1.82, 2.24) is 4.90 Å². The first kappa shape index (κ1) is 15.8. The van der Waals surface area contributed by atoms with E-state index in [4.69, 9.17) is 0 Å². The summed E-state index contributed by atoms with van der Waals surface area (Å²) in [7, 11) is 0.